The Morgan fingerprint density at radius 3 is 2.41 bits per heavy atom. The SMILES string of the molecule is CNC(=O)N(CCC=O)C(=N)c1ccc(C2CCN(C(C)Cc3cccc(SN4CCC(NC(=O)OC(C)(C)C)CC4)c3)CC2)cc1NC. The van der Waals surface area contributed by atoms with Crippen LogP contribution in [0.5, 0.6) is 0 Å². The van der Waals surface area contributed by atoms with Gasteiger partial charge in [0.1, 0.15) is 17.7 Å². The molecule has 4 rings (SSSR count). The van der Waals surface area contributed by atoms with Gasteiger partial charge >= 0.3 is 12.1 Å². The highest BCUT2D eigenvalue weighted by Gasteiger charge is 2.27. The van der Waals surface area contributed by atoms with Crippen molar-refractivity contribution in [3.63, 3.8) is 0 Å². The van der Waals surface area contributed by atoms with Crippen LogP contribution in [0.15, 0.2) is 47.4 Å². The van der Waals surface area contributed by atoms with E-state index in [-0.39, 0.29) is 30.9 Å². The Morgan fingerprint density at radius 1 is 1.06 bits per heavy atom. The minimum atomic E-state index is -0.489. The molecule has 2 fully saturated rings. The minimum Gasteiger partial charge on any atom is -0.444 e. The Labute approximate surface area is 296 Å². The molecule has 2 saturated heterocycles. The summed E-state index contributed by atoms with van der Waals surface area (Å²) in [6.07, 6.45) is 5.51. The Hall–Kier alpha value is -3.61. The summed E-state index contributed by atoms with van der Waals surface area (Å²) < 4.78 is 7.81. The number of hydrogen-bond acceptors (Lipinski definition) is 9. The average Bonchev–Trinajstić information content (AvgIpc) is 3.08. The summed E-state index contributed by atoms with van der Waals surface area (Å²) in [5.74, 6) is 0.493. The van der Waals surface area contributed by atoms with Gasteiger partial charge in [-0.1, -0.05) is 18.2 Å². The van der Waals surface area contributed by atoms with E-state index < -0.39 is 11.6 Å². The summed E-state index contributed by atoms with van der Waals surface area (Å²) in [6, 6.07) is 15.2. The molecule has 2 aromatic rings. The third-order valence-corrected chi connectivity index (χ3v) is 10.3. The Morgan fingerprint density at radius 2 is 1.78 bits per heavy atom. The second kappa shape index (κ2) is 17.9. The lowest BCUT2D eigenvalue weighted by Crippen LogP contribution is -2.44. The molecule has 2 aliphatic heterocycles. The number of urea groups is 1. The van der Waals surface area contributed by atoms with Gasteiger partial charge in [-0.2, -0.15) is 0 Å². The first-order chi connectivity index (χ1) is 23.4. The van der Waals surface area contributed by atoms with Gasteiger partial charge in [0.2, 0.25) is 0 Å². The zero-order valence-electron chi connectivity index (χ0n) is 30.0. The van der Waals surface area contributed by atoms with E-state index in [1.807, 2.05) is 33.9 Å². The van der Waals surface area contributed by atoms with Crippen molar-refractivity contribution in [3.05, 3.63) is 59.2 Å². The van der Waals surface area contributed by atoms with E-state index in [2.05, 4.69) is 68.5 Å². The van der Waals surface area contributed by atoms with Crippen molar-refractivity contribution in [2.75, 3.05) is 52.1 Å². The molecule has 0 saturated carbocycles. The van der Waals surface area contributed by atoms with Crippen LogP contribution < -0.4 is 16.0 Å². The Bertz CT molecular complexity index is 1430. The summed E-state index contributed by atoms with van der Waals surface area (Å²) in [5, 5.41) is 17.5. The van der Waals surface area contributed by atoms with Gasteiger partial charge in [-0.3, -0.25) is 10.3 Å². The monoisotopic (exact) mass is 693 g/mol. The second-order valence-corrected chi connectivity index (χ2v) is 15.2. The van der Waals surface area contributed by atoms with Gasteiger partial charge in [0.25, 0.3) is 0 Å². The summed E-state index contributed by atoms with van der Waals surface area (Å²) >= 11 is 1.80. The van der Waals surface area contributed by atoms with E-state index in [9.17, 15) is 14.4 Å². The van der Waals surface area contributed by atoms with Crippen molar-refractivity contribution in [2.24, 2.45) is 0 Å². The number of carbonyl (C=O) groups excluding carboxylic acids is 3. The maximum absolute atomic E-state index is 12.4. The van der Waals surface area contributed by atoms with Crippen LogP contribution in [0.4, 0.5) is 15.3 Å². The molecule has 3 amide bonds. The number of amidine groups is 1. The highest BCUT2D eigenvalue weighted by Crippen LogP contribution is 2.33. The van der Waals surface area contributed by atoms with E-state index in [0.29, 0.717) is 17.5 Å². The maximum Gasteiger partial charge on any atom is 0.407 e. The fourth-order valence-electron chi connectivity index (χ4n) is 6.59. The van der Waals surface area contributed by atoms with E-state index in [1.165, 1.54) is 28.0 Å². The number of aldehydes is 1. The number of carbonyl (C=O) groups is 3. The van der Waals surface area contributed by atoms with Gasteiger partial charge < -0.3 is 30.4 Å². The predicted octanol–water partition coefficient (Wildman–Crippen LogP) is 6.09. The van der Waals surface area contributed by atoms with Crippen molar-refractivity contribution >= 4 is 41.9 Å². The van der Waals surface area contributed by atoms with E-state index >= 15 is 0 Å². The summed E-state index contributed by atoms with van der Waals surface area (Å²) in [4.78, 5) is 40.7. The maximum atomic E-state index is 12.4. The molecule has 2 heterocycles. The van der Waals surface area contributed by atoms with Gasteiger partial charge in [-0.15, -0.1) is 0 Å². The number of amides is 3. The fourth-order valence-corrected chi connectivity index (χ4v) is 7.63. The standard InChI is InChI=1S/C37H55N7O4S/c1-26(23-27-9-7-10-31(24-27)49-43-20-15-30(16-21-43)41-36(47)48-37(2,3)4)42-18-13-28(14-19-42)29-11-12-32(33(25-29)39-5)34(38)44(17-8-22-45)35(46)40-6/h7,9-12,22,24-26,28,30,38-39H,8,13-21,23H2,1-6H3,(H,40,46)(H,41,47). The van der Waals surface area contributed by atoms with Crippen molar-refractivity contribution in [3.8, 4) is 0 Å². The largest absolute Gasteiger partial charge is 0.444 e. The number of nitrogens with zero attached hydrogens (tertiary/aromatic N) is 3. The summed E-state index contributed by atoms with van der Waals surface area (Å²) in [6.45, 7) is 12.0. The van der Waals surface area contributed by atoms with Crippen LogP contribution in [0.3, 0.4) is 0 Å². The second-order valence-electron chi connectivity index (χ2n) is 14.0. The molecule has 1 unspecified atom stereocenters. The number of piperidine rings is 2. The molecule has 2 aromatic carbocycles. The zero-order valence-corrected chi connectivity index (χ0v) is 30.8. The van der Waals surface area contributed by atoms with Crippen molar-refractivity contribution < 1.29 is 19.1 Å². The highest BCUT2D eigenvalue weighted by molar-refractivity contribution is 7.97. The number of likely N-dealkylation sites (tertiary alicyclic amines) is 1. The molecule has 0 aliphatic carbocycles. The smallest absolute Gasteiger partial charge is 0.407 e. The van der Waals surface area contributed by atoms with Crippen molar-refractivity contribution in [2.45, 2.75) is 94.7 Å². The highest BCUT2D eigenvalue weighted by atomic mass is 32.2. The number of nitrogens with one attached hydrogen (secondary N) is 4. The average molecular weight is 694 g/mol. The summed E-state index contributed by atoms with van der Waals surface area (Å²) in [5.41, 5.74) is 3.53. The first kappa shape index (κ1) is 38.2. The first-order valence-electron chi connectivity index (χ1n) is 17.5. The normalized spacial score (nSPS) is 17.2. The van der Waals surface area contributed by atoms with Gasteiger partial charge in [-0.25, -0.2) is 13.9 Å². The van der Waals surface area contributed by atoms with Gasteiger partial charge in [-0.05, 0) is 126 Å². The number of ether oxygens (including phenoxy) is 1. The van der Waals surface area contributed by atoms with E-state index in [0.717, 1.165) is 70.3 Å². The molecule has 49 heavy (non-hydrogen) atoms. The predicted molar refractivity (Wildman–Crippen MR) is 198 cm³/mol. The third kappa shape index (κ3) is 11.2. The number of anilines is 1. The number of hydrogen-bond donors (Lipinski definition) is 4. The number of benzene rings is 2. The van der Waals surface area contributed by atoms with Crippen LogP contribution in [-0.2, 0) is 16.0 Å². The van der Waals surface area contributed by atoms with Crippen LogP contribution in [0.1, 0.15) is 82.4 Å². The minimum absolute atomic E-state index is 0.0698. The van der Waals surface area contributed by atoms with Crippen LogP contribution >= 0.6 is 11.9 Å². The van der Waals surface area contributed by atoms with E-state index in [4.69, 9.17) is 10.1 Å². The number of alkyl carbamates (subject to hydrolysis) is 1. The molecule has 0 bridgehead atoms. The molecule has 11 nitrogen and oxygen atoms in total. The molecule has 12 heteroatoms. The lowest BCUT2D eigenvalue weighted by atomic mass is 9.87. The van der Waals surface area contributed by atoms with Crippen LogP contribution in [0.2, 0.25) is 0 Å². The molecular weight excluding hydrogens is 639 g/mol. The lowest BCUT2D eigenvalue weighted by molar-refractivity contribution is -0.107. The number of rotatable bonds is 12. The molecule has 2 aliphatic rings. The van der Waals surface area contributed by atoms with E-state index in [1.54, 1.807) is 11.9 Å². The quantitative estimate of drug-likeness (QED) is 0.0910. The lowest BCUT2D eigenvalue weighted by Gasteiger charge is -2.36. The van der Waals surface area contributed by atoms with Crippen LogP contribution in [0, 0.1) is 5.41 Å². The molecule has 268 valence electrons. The topological polar surface area (TPSA) is 130 Å². The van der Waals surface area contributed by atoms with Crippen LogP contribution in [0.25, 0.3) is 0 Å². The zero-order chi connectivity index (χ0) is 35.6. The molecule has 4 N–H and O–H groups in total. The Kier molecular flexibility index (Phi) is 13.9. The molecule has 0 spiro atoms. The summed E-state index contributed by atoms with van der Waals surface area (Å²) in [7, 11) is 3.36. The third-order valence-electron chi connectivity index (χ3n) is 9.23. The van der Waals surface area contributed by atoms with Crippen LogP contribution in [-0.4, -0.2) is 103 Å². The van der Waals surface area contributed by atoms with Crippen molar-refractivity contribution in [1.29, 1.82) is 5.41 Å². The molecule has 0 radical (unpaired) electrons. The molecule has 0 aromatic heterocycles. The van der Waals surface area contributed by atoms with Gasteiger partial charge in [0, 0.05) is 68.4 Å². The van der Waals surface area contributed by atoms with Gasteiger partial charge in [0.15, 0.2) is 0 Å². The molecular formula is C37H55N7O4S. The first-order valence-corrected chi connectivity index (χ1v) is 18.3. The Balaban J connectivity index is 1.27. The molecule has 1 atom stereocenters. The van der Waals surface area contributed by atoms with Gasteiger partial charge in [0.05, 0.1) is 0 Å². The van der Waals surface area contributed by atoms with Crippen molar-refractivity contribution in [1.82, 2.24) is 24.7 Å². The fraction of sp³-hybridized carbons (Fsp3) is 0.568.